The number of hydrogen-bond donors (Lipinski definition) is 1. The van der Waals surface area contributed by atoms with Crippen molar-refractivity contribution < 1.29 is 4.42 Å². The van der Waals surface area contributed by atoms with E-state index in [1.165, 1.54) is 4.88 Å². The van der Waals surface area contributed by atoms with Gasteiger partial charge in [-0.05, 0) is 36.1 Å². The van der Waals surface area contributed by atoms with Gasteiger partial charge in [-0.25, -0.2) is 0 Å². The Labute approximate surface area is 81.0 Å². The monoisotopic (exact) mass is 193 g/mol. The van der Waals surface area contributed by atoms with Crippen molar-refractivity contribution in [2.24, 2.45) is 5.73 Å². The molecule has 0 bridgehead atoms. The summed E-state index contributed by atoms with van der Waals surface area (Å²) in [6.07, 6.45) is 1.65. The molecule has 0 aromatic carbocycles. The van der Waals surface area contributed by atoms with Gasteiger partial charge >= 0.3 is 0 Å². The number of hydrogen-bond acceptors (Lipinski definition) is 3. The minimum atomic E-state index is -0.124. The lowest BCUT2D eigenvalue weighted by Crippen LogP contribution is -2.10. The molecule has 2 heterocycles. The lowest BCUT2D eigenvalue weighted by atomic mass is 10.1. The molecule has 3 heteroatoms. The van der Waals surface area contributed by atoms with Crippen LogP contribution in [0.5, 0.6) is 0 Å². The van der Waals surface area contributed by atoms with E-state index in [1.807, 2.05) is 23.6 Å². The average molecular weight is 193 g/mol. The van der Waals surface area contributed by atoms with Crippen LogP contribution in [0.3, 0.4) is 0 Å². The second-order valence-corrected chi connectivity index (χ2v) is 4.05. The Balaban J connectivity index is 2.33. The molecule has 2 N–H and O–H groups in total. The highest BCUT2D eigenvalue weighted by molar-refractivity contribution is 7.10. The van der Waals surface area contributed by atoms with Crippen LogP contribution < -0.4 is 5.73 Å². The third-order valence-electron chi connectivity index (χ3n) is 2.08. The van der Waals surface area contributed by atoms with Gasteiger partial charge in [0.1, 0.15) is 5.76 Å². The molecule has 68 valence electrons. The van der Waals surface area contributed by atoms with Crippen molar-refractivity contribution in [3.8, 4) is 0 Å². The average Bonchev–Trinajstić information content (AvgIpc) is 2.72. The Kier molecular flexibility index (Phi) is 2.20. The van der Waals surface area contributed by atoms with E-state index in [1.54, 1.807) is 17.6 Å². The third kappa shape index (κ3) is 1.53. The molecular weight excluding hydrogens is 182 g/mol. The molecule has 1 unspecified atom stereocenters. The smallest absolute Gasteiger partial charge is 0.125 e. The van der Waals surface area contributed by atoms with Crippen LogP contribution in [0, 0.1) is 6.92 Å². The van der Waals surface area contributed by atoms with E-state index in [4.69, 9.17) is 10.2 Å². The summed E-state index contributed by atoms with van der Waals surface area (Å²) in [5, 5.41) is 2.05. The van der Waals surface area contributed by atoms with Crippen molar-refractivity contribution in [3.05, 3.63) is 46.0 Å². The third-order valence-corrected chi connectivity index (χ3v) is 2.95. The summed E-state index contributed by atoms with van der Waals surface area (Å²) in [5.41, 5.74) is 7.17. The van der Waals surface area contributed by atoms with Crippen LogP contribution in [0.2, 0.25) is 0 Å². The number of nitrogens with two attached hydrogens (primary N) is 1. The predicted molar refractivity (Wildman–Crippen MR) is 53.8 cm³/mol. The molecule has 2 aromatic rings. The van der Waals surface area contributed by atoms with Crippen molar-refractivity contribution in [3.63, 3.8) is 0 Å². The fraction of sp³-hybridized carbons (Fsp3) is 0.200. The van der Waals surface area contributed by atoms with Crippen LogP contribution in [-0.2, 0) is 0 Å². The predicted octanol–water partition coefficient (Wildman–Crippen LogP) is 2.70. The molecule has 0 saturated carbocycles. The molecule has 0 spiro atoms. The highest BCUT2D eigenvalue weighted by Gasteiger charge is 2.13. The molecule has 13 heavy (non-hydrogen) atoms. The topological polar surface area (TPSA) is 39.2 Å². The van der Waals surface area contributed by atoms with Crippen molar-refractivity contribution >= 4 is 11.3 Å². The van der Waals surface area contributed by atoms with Crippen LogP contribution in [0.15, 0.2) is 34.3 Å². The van der Waals surface area contributed by atoms with Gasteiger partial charge in [0.05, 0.1) is 12.3 Å². The number of rotatable bonds is 2. The minimum Gasteiger partial charge on any atom is -0.467 e. The molecule has 0 saturated heterocycles. The van der Waals surface area contributed by atoms with Crippen LogP contribution in [0.1, 0.15) is 22.2 Å². The first kappa shape index (κ1) is 8.53. The van der Waals surface area contributed by atoms with Crippen LogP contribution >= 0.6 is 11.3 Å². The van der Waals surface area contributed by atoms with Gasteiger partial charge in [0.15, 0.2) is 0 Å². The Bertz CT molecular complexity index is 377. The van der Waals surface area contributed by atoms with E-state index < -0.39 is 0 Å². The minimum absolute atomic E-state index is 0.124. The Morgan fingerprint density at radius 3 is 2.85 bits per heavy atom. The fourth-order valence-electron chi connectivity index (χ4n) is 1.34. The van der Waals surface area contributed by atoms with E-state index in [-0.39, 0.29) is 6.04 Å². The zero-order valence-corrected chi connectivity index (χ0v) is 8.17. The normalized spacial score (nSPS) is 13.1. The zero-order valence-electron chi connectivity index (χ0n) is 7.36. The summed E-state index contributed by atoms with van der Waals surface area (Å²) in [6.45, 7) is 2.07. The molecular formula is C10H11NOS. The molecule has 0 radical (unpaired) electrons. The van der Waals surface area contributed by atoms with Gasteiger partial charge in [-0.15, -0.1) is 11.3 Å². The largest absolute Gasteiger partial charge is 0.467 e. The SMILES string of the molecule is Cc1sccc1C(N)c1ccco1. The summed E-state index contributed by atoms with van der Waals surface area (Å²) >= 11 is 1.71. The van der Waals surface area contributed by atoms with Gasteiger partial charge in [-0.2, -0.15) is 0 Å². The van der Waals surface area contributed by atoms with Gasteiger partial charge in [0.2, 0.25) is 0 Å². The molecule has 2 nitrogen and oxygen atoms in total. The van der Waals surface area contributed by atoms with Crippen LogP contribution in [0.4, 0.5) is 0 Å². The molecule has 0 aliphatic carbocycles. The maximum absolute atomic E-state index is 6.02. The summed E-state index contributed by atoms with van der Waals surface area (Å²) in [7, 11) is 0. The summed E-state index contributed by atoms with van der Waals surface area (Å²) in [5.74, 6) is 0.821. The van der Waals surface area contributed by atoms with E-state index >= 15 is 0 Å². The van der Waals surface area contributed by atoms with Crippen molar-refractivity contribution in [2.75, 3.05) is 0 Å². The number of aryl methyl sites for hydroxylation is 1. The fourth-order valence-corrected chi connectivity index (χ4v) is 2.09. The first-order valence-corrected chi connectivity index (χ1v) is 5.00. The molecule has 2 rings (SSSR count). The first-order chi connectivity index (χ1) is 6.29. The standard InChI is InChI=1S/C10H11NOS/c1-7-8(4-6-13-7)10(11)9-3-2-5-12-9/h2-6,10H,11H2,1H3. The molecule has 1 atom stereocenters. The molecule has 0 aliphatic heterocycles. The second-order valence-electron chi connectivity index (χ2n) is 2.93. The number of furan rings is 1. The highest BCUT2D eigenvalue weighted by Crippen LogP contribution is 2.26. The summed E-state index contributed by atoms with van der Waals surface area (Å²) in [4.78, 5) is 1.25. The van der Waals surface area contributed by atoms with Crippen molar-refractivity contribution in [2.45, 2.75) is 13.0 Å². The van der Waals surface area contributed by atoms with Gasteiger partial charge < -0.3 is 10.2 Å². The van der Waals surface area contributed by atoms with Gasteiger partial charge in [0.25, 0.3) is 0 Å². The van der Waals surface area contributed by atoms with E-state index in [2.05, 4.69) is 6.92 Å². The van der Waals surface area contributed by atoms with Gasteiger partial charge in [-0.1, -0.05) is 0 Å². The van der Waals surface area contributed by atoms with Crippen LogP contribution in [-0.4, -0.2) is 0 Å². The second kappa shape index (κ2) is 3.36. The maximum Gasteiger partial charge on any atom is 0.125 e. The lowest BCUT2D eigenvalue weighted by Gasteiger charge is -2.07. The lowest BCUT2D eigenvalue weighted by molar-refractivity contribution is 0.489. The summed E-state index contributed by atoms with van der Waals surface area (Å²) < 4.78 is 5.25. The molecule has 0 fully saturated rings. The van der Waals surface area contributed by atoms with Crippen molar-refractivity contribution in [1.82, 2.24) is 0 Å². The van der Waals surface area contributed by atoms with Crippen LogP contribution in [0.25, 0.3) is 0 Å². The van der Waals surface area contributed by atoms with E-state index in [0.717, 1.165) is 11.3 Å². The maximum atomic E-state index is 6.02. The van der Waals surface area contributed by atoms with Gasteiger partial charge in [-0.3, -0.25) is 0 Å². The summed E-state index contributed by atoms with van der Waals surface area (Å²) in [6, 6.07) is 5.69. The van der Waals surface area contributed by atoms with Gasteiger partial charge in [0, 0.05) is 4.88 Å². The first-order valence-electron chi connectivity index (χ1n) is 4.12. The Hall–Kier alpha value is -1.06. The highest BCUT2D eigenvalue weighted by atomic mass is 32.1. The van der Waals surface area contributed by atoms with E-state index in [9.17, 15) is 0 Å². The zero-order chi connectivity index (χ0) is 9.26. The van der Waals surface area contributed by atoms with Crippen molar-refractivity contribution in [1.29, 1.82) is 0 Å². The van der Waals surface area contributed by atoms with E-state index in [0.29, 0.717) is 0 Å². The Morgan fingerprint density at radius 1 is 1.46 bits per heavy atom. The number of thiophene rings is 1. The molecule has 0 aliphatic rings. The quantitative estimate of drug-likeness (QED) is 0.796. The molecule has 0 amide bonds. The molecule has 2 aromatic heterocycles. The Morgan fingerprint density at radius 2 is 2.31 bits per heavy atom.